The molecule has 0 fully saturated rings. The number of sulfonamides is 1. The summed E-state index contributed by atoms with van der Waals surface area (Å²) in [6, 6.07) is 0.567. The molecular weight excluding hydrogens is 294 g/mol. The molecule has 0 radical (unpaired) electrons. The van der Waals surface area contributed by atoms with E-state index in [1.54, 1.807) is 0 Å². The average molecular weight is 308 g/mol. The van der Waals surface area contributed by atoms with Crippen molar-refractivity contribution in [3.63, 3.8) is 0 Å². The number of primary amides is 1. The molecule has 19 heavy (non-hydrogen) atoms. The Morgan fingerprint density at radius 2 is 2.21 bits per heavy atom. The minimum Gasteiger partial charge on any atom is -0.370 e. The Labute approximate surface area is 115 Å². The number of carbonyl (C=O) groups is 1. The normalized spacial score (nSPS) is 13.0. The molecule has 1 heterocycles. The second-order valence-corrected chi connectivity index (χ2v) is 5.96. The third-order valence-electron chi connectivity index (χ3n) is 2.13. The zero-order valence-corrected chi connectivity index (χ0v) is 11.6. The van der Waals surface area contributed by atoms with Gasteiger partial charge in [0.25, 0.3) is 0 Å². The standard InChI is InChI=1S/C9H14ClN5O3S/c1-5(2-8(11)16)15-19(17,18)6-3-7(10)9(14-12)13-4-6/h3-5,15H,2,12H2,1H3,(H2,11,16)(H,13,14). The van der Waals surface area contributed by atoms with Crippen LogP contribution in [0.3, 0.4) is 0 Å². The summed E-state index contributed by atoms with van der Waals surface area (Å²) in [5, 5.41) is 0.0629. The number of hydrazine groups is 1. The second kappa shape index (κ2) is 6.15. The molecule has 106 valence electrons. The molecule has 10 heteroatoms. The lowest BCUT2D eigenvalue weighted by Gasteiger charge is -2.13. The van der Waals surface area contributed by atoms with Crippen molar-refractivity contribution in [2.24, 2.45) is 11.6 Å². The van der Waals surface area contributed by atoms with E-state index >= 15 is 0 Å². The molecule has 0 aliphatic rings. The van der Waals surface area contributed by atoms with Crippen molar-refractivity contribution in [2.45, 2.75) is 24.3 Å². The fourth-order valence-corrected chi connectivity index (χ4v) is 2.85. The van der Waals surface area contributed by atoms with Gasteiger partial charge in [-0.3, -0.25) is 4.79 Å². The fraction of sp³-hybridized carbons (Fsp3) is 0.333. The maximum Gasteiger partial charge on any atom is 0.242 e. The van der Waals surface area contributed by atoms with Crippen LogP contribution >= 0.6 is 11.6 Å². The van der Waals surface area contributed by atoms with Crippen molar-refractivity contribution >= 4 is 33.3 Å². The van der Waals surface area contributed by atoms with Crippen molar-refractivity contribution in [2.75, 3.05) is 5.43 Å². The van der Waals surface area contributed by atoms with E-state index in [4.69, 9.17) is 23.2 Å². The molecule has 8 nitrogen and oxygen atoms in total. The quantitative estimate of drug-likeness (QED) is 0.415. The minimum absolute atomic E-state index is 0.0629. The first-order chi connectivity index (χ1) is 8.76. The van der Waals surface area contributed by atoms with Crippen LogP contribution in [0, 0.1) is 0 Å². The van der Waals surface area contributed by atoms with Crippen LogP contribution in [0.4, 0.5) is 5.82 Å². The van der Waals surface area contributed by atoms with Gasteiger partial charge in [-0.25, -0.2) is 24.0 Å². The van der Waals surface area contributed by atoms with Crippen LogP contribution in [0.1, 0.15) is 13.3 Å². The first kappa shape index (κ1) is 15.6. The summed E-state index contributed by atoms with van der Waals surface area (Å²) < 4.78 is 26.2. The highest BCUT2D eigenvalue weighted by Crippen LogP contribution is 2.21. The van der Waals surface area contributed by atoms with Crippen LogP contribution < -0.4 is 21.7 Å². The Kier molecular flexibility index (Phi) is 5.06. The van der Waals surface area contributed by atoms with Gasteiger partial charge in [0.1, 0.15) is 4.90 Å². The Morgan fingerprint density at radius 3 is 2.68 bits per heavy atom. The zero-order valence-electron chi connectivity index (χ0n) is 10.1. The number of carbonyl (C=O) groups excluding carboxylic acids is 1. The van der Waals surface area contributed by atoms with Crippen LogP contribution in [0.25, 0.3) is 0 Å². The summed E-state index contributed by atoms with van der Waals surface area (Å²) in [5.41, 5.74) is 7.20. The van der Waals surface area contributed by atoms with E-state index in [9.17, 15) is 13.2 Å². The molecule has 0 aliphatic heterocycles. The van der Waals surface area contributed by atoms with E-state index in [0.717, 1.165) is 6.20 Å². The maximum absolute atomic E-state index is 12.0. The molecular formula is C9H14ClN5O3S. The molecule has 0 spiro atoms. The van der Waals surface area contributed by atoms with Gasteiger partial charge in [-0.1, -0.05) is 11.6 Å². The molecule has 0 aliphatic carbocycles. The van der Waals surface area contributed by atoms with E-state index in [0.29, 0.717) is 0 Å². The summed E-state index contributed by atoms with van der Waals surface area (Å²) in [6.45, 7) is 1.52. The third-order valence-corrected chi connectivity index (χ3v) is 3.97. The van der Waals surface area contributed by atoms with Gasteiger partial charge in [-0.15, -0.1) is 0 Å². The fourth-order valence-electron chi connectivity index (χ4n) is 1.35. The van der Waals surface area contributed by atoms with Crippen LogP contribution in [-0.2, 0) is 14.8 Å². The van der Waals surface area contributed by atoms with Gasteiger partial charge >= 0.3 is 0 Å². The second-order valence-electron chi connectivity index (χ2n) is 3.84. The molecule has 1 aromatic rings. The number of hydrogen-bond donors (Lipinski definition) is 4. The van der Waals surface area contributed by atoms with E-state index < -0.39 is 22.0 Å². The third kappa shape index (κ3) is 4.31. The highest BCUT2D eigenvalue weighted by Gasteiger charge is 2.20. The number of amides is 1. The number of nitrogens with zero attached hydrogens (tertiary/aromatic N) is 1. The molecule has 1 rings (SSSR count). The van der Waals surface area contributed by atoms with Gasteiger partial charge in [-0.05, 0) is 13.0 Å². The molecule has 1 aromatic heterocycles. The molecule has 0 bridgehead atoms. The molecule has 0 aromatic carbocycles. The largest absolute Gasteiger partial charge is 0.370 e. The monoisotopic (exact) mass is 307 g/mol. The number of pyridine rings is 1. The smallest absolute Gasteiger partial charge is 0.242 e. The van der Waals surface area contributed by atoms with Crippen LogP contribution in [0.2, 0.25) is 5.02 Å². The van der Waals surface area contributed by atoms with Gasteiger partial charge < -0.3 is 11.2 Å². The topological polar surface area (TPSA) is 140 Å². The first-order valence-electron chi connectivity index (χ1n) is 5.19. The molecule has 0 saturated carbocycles. The van der Waals surface area contributed by atoms with Gasteiger partial charge in [0, 0.05) is 18.7 Å². The predicted molar refractivity (Wildman–Crippen MR) is 70.7 cm³/mol. The van der Waals surface area contributed by atoms with Gasteiger partial charge in [0.05, 0.1) is 5.02 Å². The van der Waals surface area contributed by atoms with E-state index in [1.165, 1.54) is 13.0 Å². The summed E-state index contributed by atoms with van der Waals surface area (Å²) >= 11 is 5.79. The summed E-state index contributed by atoms with van der Waals surface area (Å²) in [4.78, 5) is 14.3. The highest BCUT2D eigenvalue weighted by molar-refractivity contribution is 7.89. The number of nitrogens with two attached hydrogens (primary N) is 2. The SMILES string of the molecule is CC(CC(N)=O)NS(=O)(=O)c1cnc(NN)c(Cl)c1. The molecule has 1 atom stereocenters. The first-order valence-corrected chi connectivity index (χ1v) is 7.05. The number of halogens is 1. The molecule has 6 N–H and O–H groups in total. The van der Waals surface area contributed by atoms with Crippen molar-refractivity contribution in [1.29, 1.82) is 0 Å². The summed E-state index contributed by atoms with van der Waals surface area (Å²) in [5.74, 6) is 4.69. The van der Waals surface area contributed by atoms with Crippen molar-refractivity contribution in [1.82, 2.24) is 9.71 Å². The molecule has 1 amide bonds. The van der Waals surface area contributed by atoms with Crippen molar-refractivity contribution in [3.05, 3.63) is 17.3 Å². The van der Waals surface area contributed by atoms with E-state index in [-0.39, 0.29) is 22.2 Å². The van der Waals surface area contributed by atoms with Crippen molar-refractivity contribution in [3.8, 4) is 0 Å². The Bertz CT molecular complexity index is 577. The number of nitrogens with one attached hydrogen (secondary N) is 2. The van der Waals surface area contributed by atoms with Gasteiger partial charge in [0.15, 0.2) is 5.82 Å². The van der Waals surface area contributed by atoms with Crippen molar-refractivity contribution < 1.29 is 13.2 Å². The predicted octanol–water partition coefficient (Wildman–Crippen LogP) is -0.437. The lowest BCUT2D eigenvalue weighted by atomic mass is 10.2. The Balaban J connectivity index is 2.94. The lowest BCUT2D eigenvalue weighted by molar-refractivity contribution is -0.118. The number of nitrogen functional groups attached to an aromatic ring is 1. The Hall–Kier alpha value is -1.42. The van der Waals surface area contributed by atoms with Gasteiger partial charge in [0.2, 0.25) is 15.9 Å². The summed E-state index contributed by atoms with van der Waals surface area (Å²) in [6.07, 6.45) is 0.989. The Morgan fingerprint density at radius 1 is 1.58 bits per heavy atom. The van der Waals surface area contributed by atoms with Crippen LogP contribution in [0.15, 0.2) is 17.2 Å². The van der Waals surface area contributed by atoms with E-state index in [1.807, 2.05) is 0 Å². The highest BCUT2D eigenvalue weighted by atomic mass is 35.5. The van der Waals surface area contributed by atoms with E-state index in [2.05, 4.69) is 15.1 Å². The van der Waals surface area contributed by atoms with Gasteiger partial charge in [-0.2, -0.15) is 0 Å². The number of rotatable bonds is 6. The van der Waals surface area contributed by atoms with Crippen LogP contribution in [-0.4, -0.2) is 25.4 Å². The zero-order chi connectivity index (χ0) is 14.6. The number of aromatic nitrogens is 1. The minimum atomic E-state index is -3.83. The molecule has 1 unspecified atom stereocenters. The molecule has 0 saturated heterocycles. The number of anilines is 1. The lowest BCUT2D eigenvalue weighted by Crippen LogP contribution is -2.35. The number of hydrogen-bond acceptors (Lipinski definition) is 6. The average Bonchev–Trinajstić information content (AvgIpc) is 2.26. The van der Waals surface area contributed by atoms with Crippen LogP contribution in [0.5, 0.6) is 0 Å². The maximum atomic E-state index is 12.0. The summed E-state index contributed by atoms with van der Waals surface area (Å²) in [7, 11) is -3.83.